The number of hydrogen-bond donors (Lipinski definition) is 0. The van der Waals surface area contributed by atoms with E-state index in [-0.39, 0.29) is 5.91 Å². The van der Waals surface area contributed by atoms with Crippen LogP contribution < -0.4 is 0 Å². The summed E-state index contributed by atoms with van der Waals surface area (Å²) in [5.41, 5.74) is 0.566. The molecule has 0 aliphatic carbocycles. The van der Waals surface area contributed by atoms with Gasteiger partial charge in [0.05, 0.1) is 11.6 Å². The Morgan fingerprint density at radius 2 is 2.29 bits per heavy atom. The summed E-state index contributed by atoms with van der Waals surface area (Å²) in [5.74, 6) is 0.00292. The highest BCUT2D eigenvalue weighted by Gasteiger charge is 2.16. The molecule has 1 rings (SSSR count). The number of methoxy groups -OCH3 is 1. The van der Waals surface area contributed by atoms with Crippen molar-refractivity contribution in [3.63, 3.8) is 0 Å². The lowest BCUT2D eigenvalue weighted by atomic mass is 10.3. The molecule has 0 unspecified atom stereocenters. The molecule has 0 N–H and O–H groups in total. The number of rotatable bonds is 7. The Morgan fingerprint density at radius 1 is 1.53 bits per heavy atom. The number of ether oxygens (including phenoxy) is 1. The van der Waals surface area contributed by atoms with E-state index in [2.05, 4.69) is 11.9 Å². The van der Waals surface area contributed by atoms with Crippen molar-refractivity contribution >= 4 is 17.2 Å². The molecular formula is C12H20N2O2S. The summed E-state index contributed by atoms with van der Waals surface area (Å²) < 4.78 is 4.99. The molecule has 5 heteroatoms. The molecule has 0 radical (unpaired) electrons. The lowest BCUT2D eigenvalue weighted by Crippen LogP contribution is -2.33. The number of hydrogen-bond acceptors (Lipinski definition) is 4. The first kappa shape index (κ1) is 14.1. The number of carbonyl (C=O) groups is 1. The van der Waals surface area contributed by atoms with Gasteiger partial charge in [0.15, 0.2) is 0 Å². The number of likely N-dealkylation sites (N-methyl/N-ethyl adjacent to an activating group) is 1. The molecule has 0 aliphatic heterocycles. The van der Waals surface area contributed by atoms with Crippen LogP contribution in [0.3, 0.4) is 0 Å². The molecular weight excluding hydrogens is 236 g/mol. The average Bonchev–Trinajstić information content (AvgIpc) is 2.79. The molecule has 1 aromatic heterocycles. The Labute approximate surface area is 107 Å². The zero-order valence-corrected chi connectivity index (χ0v) is 11.5. The largest absolute Gasteiger partial charge is 0.383 e. The summed E-state index contributed by atoms with van der Waals surface area (Å²) in [5, 5.41) is 2.89. The van der Waals surface area contributed by atoms with Gasteiger partial charge < -0.3 is 9.64 Å². The summed E-state index contributed by atoms with van der Waals surface area (Å²) in [4.78, 5) is 18.2. The Balaban J connectivity index is 2.65. The molecule has 1 heterocycles. The van der Waals surface area contributed by atoms with Crippen LogP contribution in [-0.4, -0.2) is 42.6 Å². The second-order valence-electron chi connectivity index (χ2n) is 3.75. The zero-order chi connectivity index (χ0) is 12.7. The quantitative estimate of drug-likeness (QED) is 0.751. The van der Waals surface area contributed by atoms with Gasteiger partial charge in [-0.2, -0.15) is 0 Å². The summed E-state index contributed by atoms with van der Waals surface area (Å²) in [6, 6.07) is 0. The number of thiazole rings is 1. The molecule has 0 saturated heterocycles. The van der Waals surface area contributed by atoms with Gasteiger partial charge in [0, 0.05) is 25.6 Å². The van der Waals surface area contributed by atoms with E-state index in [0.29, 0.717) is 25.4 Å². The van der Waals surface area contributed by atoms with Gasteiger partial charge in [-0.25, -0.2) is 4.98 Å². The monoisotopic (exact) mass is 256 g/mol. The van der Waals surface area contributed by atoms with Crippen LogP contribution in [0.15, 0.2) is 5.38 Å². The van der Waals surface area contributed by atoms with Gasteiger partial charge in [-0.15, -0.1) is 11.3 Å². The molecule has 0 spiro atoms. The van der Waals surface area contributed by atoms with Crippen molar-refractivity contribution in [3.8, 4) is 0 Å². The van der Waals surface area contributed by atoms with E-state index in [9.17, 15) is 4.79 Å². The Hall–Kier alpha value is -0.940. The first-order valence-corrected chi connectivity index (χ1v) is 6.83. The van der Waals surface area contributed by atoms with Crippen LogP contribution in [0.5, 0.6) is 0 Å². The highest BCUT2D eigenvalue weighted by atomic mass is 32.1. The van der Waals surface area contributed by atoms with E-state index in [1.807, 2.05) is 12.3 Å². The summed E-state index contributed by atoms with van der Waals surface area (Å²) in [6.07, 6.45) is 2.00. The van der Waals surface area contributed by atoms with Gasteiger partial charge in [0.1, 0.15) is 5.69 Å². The minimum Gasteiger partial charge on any atom is -0.383 e. The molecule has 0 saturated carbocycles. The second-order valence-corrected chi connectivity index (χ2v) is 4.70. The Bertz CT molecular complexity index is 352. The van der Waals surface area contributed by atoms with Gasteiger partial charge in [-0.1, -0.05) is 6.92 Å². The zero-order valence-electron chi connectivity index (χ0n) is 10.7. The molecule has 1 aromatic rings. The maximum absolute atomic E-state index is 12.1. The molecule has 0 aromatic carbocycles. The van der Waals surface area contributed by atoms with Crippen LogP contribution in [0.25, 0.3) is 0 Å². The predicted octanol–water partition coefficient (Wildman–Crippen LogP) is 2.20. The van der Waals surface area contributed by atoms with Crippen molar-refractivity contribution < 1.29 is 9.53 Å². The van der Waals surface area contributed by atoms with E-state index in [4.69, 9.17) is 4.74 Å². The van der Waals surface area contributed by atoms with E-state index in [1.54, 1.807) is 23.3 Å². The maximum atomic E-state index is 12.1. The number of aromatic nitrogens is 1. The predicted molar refractivity (Wildman–Crippen MR) is 69.6 cm³/mol. The highest BCUT2D eigenvalue weighted by Crippen LogP contribution is 2.13. The number of nitrogens with zero attached hydrogens (tertiary/aromatic N) is 2. The van der Waals surface area contributed by atoms with Crippen molar-refractivity contribution in [2.45, 2.75) is 26.7 Å². The minimum absolute atomic E-state index is 0.00292. The second kappa shape index (κ2) is 7.40. The van der Waals surface area contributed by atoms with Gasteiger partial charge in [0.2, 0.25) is 0 Å². The van der Waals surface area contributed by atoms with Crippen LogP contribution in [0.4, 0.5) is 0 Å². The lowest BCUT2D eigenvalue weighted by molar-refractivity contribution is 0.0701. The van der Waals surface area contributed by atoms with Crippen molar-refractivity contribution in [1.82, 2.24) is 9.88 Å². The van der Waals surface area contributed by atoms with Crippen LogP contribution in [0, 0.1) is 0 Å². The van der Waals surface area contributed by atoms with Crippen molar-refractivity contribution in [2.75, 3.05) is 26.8 Å². The molecule has 4 nitrogen and oxygen atoms in total. The van der Waals surface area contributed by atoms with E-state index >= 15 is 0 Å². The first-order chi connectivity index (χ1) is 8.22. The highest BCUT2D eigenvalue weighted by molar-refractivity contribution is 7.09. The standard InChI is InChI=1S/C12H20N2O2S/c1-4-6-11-13-10(9-17-11)12(15)14(5-2)7-8-16-3/h9H,4-8H2,1-3H3. The number of carbonyl (C=O) groups excluding carboxylic acids is 1. The fourth-order valence-corrected chi connectivity index (χ4v) is 2.38. The number of aryl methyl sites for hydroxylation is 1. The van der Waals surface area contributed by atoms with Crippen LogP contribution in [0.1, 0.15) is 35.8 Å². The molecule has 0 atom stereocenters. The fourth-order valence-electron chi connectivity index (χ4n) is 1.50. The Morgan fingerprint density at radius 3 is 2.88 bits per heavy atom. The average molecular weight is 256 g/mol. The summed E-state index contributed by atoms with van der Waals surface area (Å²) >= 11 is 1.56. The normalized spacial score (nSPS) is 10.5. The smallest absolute Gasteiger partial charge is 0.273 e. The third-order valence-electron chi connectivity index (χ3n) is 2.47. The summed E-state index contributed by atoms with van der Waals surface area (Å²) in [6.45, 7) is 5.94. The van der Waals surface area contributed by atoms with E-state index in [1.165, 1.54) is 0 Å². The van der Waals surface area contributed by atoms with Crippen molar-refractivity contribution in [2.24, 2.45) is 0 Å². The molecule has 96 valence electrons. The molecule has 0 bridgehead atoms. The number of amides is 1. The van der Waals surface area contributed by atoms with Crippen molar-refractivity contribution in [3.05, 3.63) is 16.1 Å². The van der Waals surface area contributed by atoms with E-state index < -0.39 is 0 Å². The topological polar surface area (TPSA) is 42.4 Å². The molecule has 17 heavy (non-hydrogen) atoms. The van der Waals surface area contributed by atoms with Gasteiger partial charge in [-0.3, -0.25) is 4.79 Å². The molecule has 0 fully saturated rings. The SMILES string of the molecule is CCCc1nc(C(=O)N(CC)CCOC)cs1. The fraction of sp³-hybridized carbons (Fsp3) is 0.667. The summed E-state index contributed by atoms with van der Waals surface area (Å²) in [7, 11) is 1.64. The third-order valence-corrected chi connectivity index (χ3v) is 3.38. The molecule has 1 amide bonds. The lowest BCUT2D eigenvalue weighted by Gasteiger charge is -2.19. The Kier molecular flexibility index (Phi) is 6.15. The maximum Gasteiger partial charge on any atom is 0.273 e. The van der Waals surface area contributed by atoms with Crippen LogP contribution in [0.2, 0.25) is 0 Å². The third kappa shape index (κ3) is 4.09. The van der Waals surface area contributed by atoms with Crippen molar-refractivity contribution in [1.29, 1.82) is 0 Å². The minimum atomic E-state index is 0.00292. The van der Waals surface area contributed by atoms with Crippen LogP contribution in [-0.2, 0) is 11.2 Å². The van der Waals surface area contributed by atoms with Gasteiger partial charge in [-0.05, 0) is 19.8 Å². The van der Waals surface area contributed by atoms with Gasteiger partial charge in [0.25, 0.3) is 5.91 Å². The van der Waals surface area contributed by atoms with E-state index in [0.717, 1.165) is 17.8 Å². The van der Waals surface area contributed by atoms with Gasteiger partial charge >= 0.3 is 0 Å². The van der Waals surface area contributed by atoms with Crippen LogP contribution >= 0.6 is 11.3 Å². The molecule has 0 aliphatic rings. The first-order valence-electron chi connectivity index (χ1n) is 5.95.